The Morgan fingerprint density at radius 2 is 1.77 bits per heavy atom. The van der Waals surface area contributed by atoms with Crippen molar-refractivity contribution < 1.29 is 4.79 Å². The van der Waals surface area contributed by atoms with Crippen molar-refractivity contribution in [3.63, 3.8) is 0 Å². The van der Waals surface area contributed by atoms with Gasteiger partial charge in [0.2, 0.25) is 0 Å². The molecule has 0 bridgehead atoms. The fourth-order valence-corrected chi connectivity index (χ4v) is 5.55. The van der Waals surface area contributed by atoms with Crippen molar-refractivity contribution in [2.75, 3.05) is 0 Å². The first kappa shape index (κ1) is 14.5. The number of rotatable bonds is 2. The van der Waals surface area contributed by atoms with Crippen molar-refractivity contribution in [2.45, 2.75) is 77.0 Å². The normalized spacial score (nSPS) is 29.7. The molecular weight excluding hydrogens is 268 g/mol. The second-order valence-corrected chi connectivity index (χ2v) is 8.20. The Balaban J connectivity index is 1.55. The van der Waals surface area contributed by atoms with E-state index in [0.29, 0.717) is 23.0 Å². The van der Waals surface area contributed by atoms with Crippen molar-refractivity contribution in [2.24, 2.45) is 11.3 Å². The summed E-state index contributed by atoms with van der Waals surface area (Å²) in [5.74, 6) is 1.46. The topological polar surface area (TPSA) is 17.1 Å². The highest BCUT2D eigenvalue weighted by molar-refractivity contribution is 5.78. The molecule has 0 aromatic heterocycles. The lowest BCUT2D eigenvalue weighted by atomic mass is 9.75. The Morgan fingerprint density at radius 1 is 1.05 bits per heavy atom. The Kier molecular flexibility index (Phi) is 3.63. The van der Waals surface area contributed by atoms with Gasteiger partial charge in [-0.15, -0.1) is 0 Å². The van der Waals surface area contributed by atoms with Crippen LogP contribution < -0.4 is 0 Å². The van der Waals surface area contributed by atoms with E-state index < -0.39 is 0 Å². The molecule has 4 rings (SSSR count). The molecule has 0 aliphatic heterocycles. The summed E-state index contributed by atoms with van der Waals surface area (Å²) in [6, 6.07) is 7.07. The third-order valence-electron chi connectivity index (χ3n) is 6.83. The second kappa shape index (κ2) is 5.51. The molecule has 0 unspecified atom stereocenters. The monoisotopic (exact) mass is 296 g/mol. The first-order valence-electron chi connectivity index (χ1n) is 9.28. The quantitative estimate of drug-likeness (QED) is 0.732. The zero-order valence-corrected chi connectivity index (χ0v) is 13.9. The Labute approximate surface area is 134 Å². The van der Waals surface area contributed by atoms with Gasteiger partial charge in [-0.2, -0.15) is 0 Å². The van der Waals surface area contributed by atoms with Gasteiger partial charge in [-0.25, -0.2) is 0 Å². The number of ketones is 1. The lowest BCUT2D eigenvalue weighted by molar-refractivity contribution is -0.121. The Morgan fingerprint density at radius 3 is 2.45 bits per heavy atom. The van der Waals surface area contributed by atoms with Gasteiger partial charge in [0, 0.05) is 5.92 Å². The number of hydrogen-bond acceptors (Lipinski definition) is 1. The van der Waals surface area contributed by atoms with Crippen molar-refractivity contribution in [1.29, 1.82) is 0 Å². The summed E-state index contributed by atoms with van der Waals surface area (Å²) >= 11 is 0. The molecule has 3 aliphatic carbocycles. The largest absolute Gasteiger partial charge is 0.300 e. The van der Waals surface area contributed by atoms with Crippen molar-refractivity contribution in [3.05, 3.63) is 34.9 Å². The predicted octanol–water partition coefficient (Wildman–Crippen LogP) is 5.21. The van der Waals surface area contributed by atoms with Crippen LogP contribution in [0.3, 0.4) is 0 Å². The van der Waals surface area contributed by atoms with E-state index in [1.807, 2.05) is 0 Å². The predicted molar refractivity (Wildman–Crippen MR) is 90.1 cm³/mol. The maximum Gasteiger partial charge on any atom is 0.132 e. The molecule has 0 amide bonds. The van der Waals surface area contributed by atoms with E-state index in [1.54, 1.807) is 23.6 Å². The molecule has 22 heavy (non-hydrogen) atoms. The molecule has 2 fully saturated rings. The van der Waals surface area contributed by atoms with Gasteiger partial charge in [0.1, 0.15) is 5.78 Å². The highest BCUT2D eigenvalue weighted by atomic mass is 16.1. The zero-order chi connectivity index (χ0) is 15.2. The maximum atomic E-state index is 11.6. The molecule has 1 aromatic rings. The molecule has 0 atom stereocenters. The first-order valence-corrected chi connectivity index (χ1v) is 9.28. The van der Waals surface area contributed by atoms with Crippen molar-refractivity contribution in [3.8, 4) is 0 Å². The number of carbonyl (C=O) groups excluding carboxylic acids is 1. The molecule has 2 saturated carbocycles. The van der Waals surface area contributed by atoms with E-state index in [0.717, 1.165) is 12.8 Å². The number of fused-ring (bicyclic) bond motifs is 1. The lowest BCUT2D eigenvalue weighted by Gasteiger charge is -2.29. The molecule has 118 valence electrons. The van der Waals surface area contributed by atoms with Gasteiger partial charge in [0.05, 0.1) is 0 Å². The summed E-state index contributed by atoms with van der Waals surface area (Å²) < 4.78 is 0. The van der Waals surface area contributed by atoms with Crippen LogP contribution in [0.15, 0.2) is 18.2 Å². The minimum Gasteiger partial charge on any atom is -0.300 e. The molecule has 0 N–H and O–H groups in total. The van der Waals surface area contributed by atoms with Gasteiger partial charge in [-0.1, -0.05) is 31.0 Å². The second-order valence-electron chi connectivity index (χ2n) is 8.20. The van der Waals surface area contributed by atoms with Gasteiger partial charge in [-0.3, -0.25) is 4.79 Å². The highest BCUT2D eigenvalue weighted by Gasteiger charge is 2.41. The number of Topliss-reactive ketones (excluding diaryl/α,β-unsaturated/α-hetero) is 1. The fourth-order valence-electron chi connectivity index (χ4n) is 5.55. The summed E-state index contributed by atoms with van der Waals surface area (Å²) in [6.07, 6.45) is 13.1. The number of hydrogen-bond donors (Lipinski definition) is 0. The smallest absolute Gasteiger partial charge is 0.132 e. The van der Waals surface area contributed by atoms with Crippen molar-refractivity contribution >= 4 is 5.78 Å². The standard InChI is InChI=1S/C21H28O/c1-15(22)16-7-9-17(10-8-16)19-6-4-5-18-13-21(14-20(18)19)11-2-3-12-21/h4-6,16-17H,2-3,7-14H2,1H3. The molecule has 1 aromatic carbocycles. The van der Waals surface area contributed by atoms with Gasteiger partial charge in [0.15, 0.2) is 0 Å². The van der Waals surface area contributed by atoms with E-state index in [1.165, 1.54) is 51.4 Å². The molecule has 1 heteroatoms. The molecule has 0 radical (unpaired) electrons. The van der Waals surface area contributed by atoms with E-state index in [9.17, 15) is 4.79 Å². The highest BCUT2D eigenvalue weighted by Crippen LogP contribution is 2.51. The van der Waals surface area contributed by atoms with Gasteiger partial charge in [-0.05, 0) is 86.3 Å². The van der Waals surface area contributed by atoms with Crippen LogP contribution in [0.25, 0.3) is 0 Å². The Bertz CT molecular complexity index is 572. The average Bonchev–Trinajstić information content (AvgIpc) is 3.13. The molecule has 0 heterocycles. The summed E-state index contributed by atoms with van der Waals surface area (Å²) in [5, 5.41) is 0. The minimum atomic E-state index is 0.342. The Hall–Kier alpha value is -1.11. The summed E-state index contributed by atoms with van der Waals surface area (Å²) in [5.41, 5.74) is 5.61. The summed E-state index contributed by atoms with van der Waals surface area (Å²) in [6.45, 7) is 1.77. The fraction of sp³-hybridized carbons (Fsp3) is 0.667. The van der Waals surface area contributed by atoms with Crippen LogP contribution >= 0.6 is 0 Å². The van der Waals surface area contributed by atoms with Crippen LogP contribution in [0.2, 0.25) is 0 Å². The molecule has 1 nitrogen and oxygen atoms in total. The number of benzene rings is 1. The van der Waals surface area contributed by atoms with E-state index >= 15 is 0 Å². The van der Waals surface area contributed by atoms with E-state index in [4.69, 9.17) is 0 Å². The summed E-state index contributed by atoms with van der Waals surface area (Å²) in [4.78, 5) is 11.6. The van der Waals surface area contributed by atoms with Crippen LogP contribution in [-0.4, -0.2) is 5.78 Å². The SMILES string of the molecule is CC(=O)C1CCC(c2cccc3c2CC2(CCCC2)C3)CC1. The van der Waals surface area contributed by atoms with Gasteiger partial charge >= 0.3 is 0 Å². The average molecular weight is 296 g/mol. The zero-order valence-electron chi connectivity index (χ0n) is 13.9. The van der Waals surface area contributed by atoms with Crippen molar-refractivity contribution in [1.82, 2.24) is 0 Å². The van der Waals surface area contributed by atoms with Crippen LogP contribution in [0.4, 0.5) is 0 Å². The number of carbonyl (C=O) groups is 1. The van der Waals surface area contributed by atoms with E-state index in [2.05, 4.69) is 18.2 Å². The van der Waals surface area contributed by atoms with Crippen LogP contribution in [-0.2, 0) is 17.6 Å². The molecule has 0 saturated heterocycles. The third-order valence-corrected chi connectivity index (χ3v) is 6.83. The van der Waals surface area contributed by atoms with E-state index in [-0.39, 0.29) is 0 Å². The lowest BCUT2D eigenvalue weighted by Crippen LogP contribution is -2.20. The minimum absolute atomic E-state index is 0.342. The van der Waals surface area contributed by atoms with Crippen LogP contribution in [0.1, 0.15) is 80.9 Å². The molecule has 1 spiro atoms. The summed E-state index contributed by atoms with van der Waals surface area (Å²) in [7, 11) is 0. The third kappa shape index (κ3) is 2.43. The molecular formula is C21H28O. The maximum absolute atomic E-state index is 11.6. The first-order chi connectivity index (χ1) is 10.7. The van der Waals surface area contributed by atoms with Gasteiger partial charge in [0.25, 0.3) is 0 Å². The van der Waals surface area contributed by atoms with Crippen LogP contribution in [0.5, 0.6) is 0 Å². The van der Waals surface area contributed by atoms with Crippen LogP contribution in [0, 0.1) is 11.3 Å². The van der Waals surface area contributed by atoms with Gasteiger partial charge < -0.3 is 0 Å². The molecule has 3 aliphatic rings.